The van der Waals surface area contributed by atoms with Crippen molar-refractivity contribution >= 4 is 0 Å². The fraction of sp³-hybridized carbons (Fsp3) is 0.500. The molecule has 2 aromatic carbocycles. The molecule has 0 bridgehead atoms. The minimum atomic E-state index is -0.306. The Hall–Kier alpha value is -2.42. The lowest BCUT2D eigenvalue weighted by Crippen LogP contribution is -2.48. The van der Waals surface area contributed by atoms with E-state index in [-0.39, 0.29) is 5.82 Å². The second-order valence-corrected chi connectivity index (χ2v) is 8.35. The normalized spacial score (nSPS) is 16.1. The summed E-state index contributed by atoms with van der Waals surface area (Å²) < 4.78 is 19.3. The van der Waals surface area contributed by atoms with Crippen LogP contribution in [-0.2, 0) is 0 Å². The summed E-state index contributed by atoms with van der Waals surface area (Å²) in [6.07, 6.45) is 4.83. The van der Waals surface area contributed by atoms with Gasteiger partial charge in [0.05, 0.1) is 11.6 Å². The summed E-state index contributed by atoms with van der Waals surface area (Å²) in [5.74, 6) is 0.0215. The zero-order valence-electron chi connectivity index (χ0n) is 18.8. The first-order valence-electron chi connectivity index (χ1n) is 11.5. The SMILES string of the molecule is CCCCCC(c1ccc(C#N)c(C)c1)N1CCN(CCOc2ccccc2F)CC1. The molecule has 0 N–H and O–H groups in total. The van der Waals surface area contributed by atoms with Crippen LogP contribution in [-0.4, -0.2) is 49.1 Å². The molecule has 0 radical (unpaired) electrons. The van der Waals surface area contributed by atoms with Crippen molar-refractivity contribution in [3.8, 4) is 11.8 Å². The summed E-state index contributed by atoms with van der Waals surface area (Å²) >= 11 is 0. The average Bonchev–Trinajstić information content (AvgIpc) is 2.79. The lowest BCUT2D eigenvalue weighted by Gasteiger charge is -2.39. The minimum absolute atomic E-state index is 0.306. The van der Waals surface area contributed by atoms with E-state index >= 15 is 0 Å². The molecule has 1 aliphatic heterocycles. The molecule has 0 spiro atoms. The molecule has 2 aromatic rings. The molecule has 0 saturated carbocycles. The van der Waals surface area contributed by atoms with Gasteiger partial charge in [-0.15, -0.1) is 0 Å². The number of ether oxygens (including phenoxy) is 1. The van der Waals surface area contributed by atoms with Crippen molar-refractivity contribution in [2.75, 3.05) is 39.3 Å². The summed E-state index contributed by atoms with van der Waals surface area (Å²) in [6, 6.07) is 15.5. The van der Waals surface area contributed by atoms with Crippen LogP contribution in [0.3, 0.4) is 0 Å². The lowest BCUT2D eigenvalue weighted by atomic mass is 9.95. The molecule has 1 heterocycles. The highest BCUT2D eigenvalue weighted by Gasteiger charge is 2.25. The zero-order valence-corrected chi connectivity index (χ0v) is 18.8. The molecule has 166 valence electrons. The topological polar surface area (TPSA) is 39.5 Å². The first-order chi connectivity index (χ1) is 15.1. The van der Waals surface area contributed by atoms with Crippen LogP contribution in [0.2, 0.25) is 0 Å². The van der Waals surface area contributed by atoms with Crippen LogP contribution in [0.25, 0.3) is 0 Å². The molecule has 0 aromatic heterocycles. The van der Waals surface area contributed by atoms with Gasteiger partial charge >= 0.3 is 0 Å². The maximum absolute atomic E-state index is 13.7. The molecule has 1 atom stereocenters. The first-order valence-corrected chi connectivity index (χ1v) is 11.5. The molecule has 0 aliphatic carbocycles. The fourth-order valence-corrected chi connectivity index (χ4v) is 4.31. The van der Waals surface area contributed by atoms with Gasteiger partial charge in [-0.25, -0.2) is 4.39 Å². The van der Waals surface area contributed by atoms with Gasteiger partial charge in [-0.1, -0.05) is 50.5 Å². The Morgan fingerprint density at radius 3 is 2.55 bits per heavy atom. The van der Waals surface area contributed by atoms with Crippen molar-refractivity contribution in [3.05, 3.63) is 65.0 Å². The number of unbranched alkanes of at least 4 members (excludes halogenated alkanes) is 2. The molecule has 1 saturated heterocycles. The number of aryl methyl sites for hydroxylation is 1. The number of hydrogen-bond donors (Lipinski definition) is 0. The summed E-state index contributed by atoms with van der Waals surface area (Å²) in [6.45, 7) is 9.56. The van der Waals surface area contributed by atoms with E-state index in [0.29, 0.717) is 18.4 Å². The Bertz CT molecular complexity index is 871. The number of piperazine rings is 1. The molecule has 4 nitrogen and oxygen atoms in total. The van der Waals surface area contributed by atoms with Crippen LogP contribution in [0, 0.1) is 24.1 Å². The van der Waals surface area contributed by atoms with E-state index in [1.807, 2.05) is 13.0 Å². The van der Waals surface area contributed by atoms with Crippen molar-refractivity contribution < 1.29 is 9.13 Å². The van der Waals surface area contributed by atoms with Crippen molar-refractivity contribution in [3.63, 3.8) is 0 Å². The molecule has 0 amide bonds. The Morgan fingerprint density at radius 1 is 1.10 bits per heavy atom. The smallest absolute Gasteiger partial charge is 0.165 e. The van der Waals surface area contributed by atoms with Crippen molar-refractivity contribution in [2.24, 2.45) is 0 Å². The van der Waals surface area contributed by atoms with Crippen LogP contribution in [0.5, 0.6) is 5.75 Å². The van der Waals surface area contributed by atoms with Crippen LogP contribution >= 0.6 is 0 Å². The van der Waals surface area contributed by atoms with Gasteiger partial charge in [-0.2, -0.15) is 5.26 Å². The van der Waals surface area contributed by atoms with Gasteiger partial charge in [-0.3, -0.25) is 9.80 Å². The van der Waals surface area contributed by atoms with Crippen LogP contribution in [0.4, 0.5) is 4.39 Å². The summed E-state index contributed by atoms with van der Waals surface area (Å²) in [4.78, 5) is 4.98. The molecule has 3 rings (SSSR count). The monoisotopic (exact) mass is 423 g/mol. The Morgan fingerprint density at radius 2 is 1.87 bits per heavy atom. The number of nitriles is 1. The maximum atomic E-state index is 13.7. The molecule has 1 fully saturated rings. The maximum Gasteiger partial charge on any atom is 0.165 e. The van der Waals surface area contributed by atoms with E-state index in [4.69, 9.17) is 4.74 Å². The Kier molecular flexibility index (Phi) is 8.87. The Labute approximate surface area is 186 Å². The minimum Gasteiger partial charge on any atom is -0.489 e. The number of hydrogen-bond acceptors (Lipinski definition) is 4. The molecule has 5 heteroatoms. The quantitative estimate of drug-likeness (QED) is 0.485. The highest BCUT2D eigenvalue weighted by Crippen LogP contribution is 2.29. The van der Waals surface area contributed by atoms with E-state index in [0.717, 1.165) is 50.3 Å². The predicted molar refractivity (Wildman–Crippen MR) is 123 cm³/mol. The number of benzene rings is 2. The van der Waals surface area contributed by atoms with Crippen molar-refractivity contribution in [1.82, 2.24) is 9.80 Å². The van der Waals surface area contributed by atoms with Gasteiger partial charge in [0, 0.05) is 38.8 Å². The standard InChI is InChI=1S/C26H34FN3O/c1-3-4-5-9-25(22-11-12-23(20-28)21(2)19-22)30-15-13-29(14-16-30)17-18-31-26-10-7-6-8-24(26)27/h6-8,10-12,19,25H,3-5,9,13-18H2,1-2H3. The summed E-state index contributed by atoms with van der Waals surface area (Å²) in [7, 11) is 0. The third kappa shape index (κ3) is 6.53. The molecule has 31 heavy (non-hydrogen) atoms. The number of nitrogens with zero attached hydrogens (tertiary/aromatic N) is 3. The van der Waals surface area contributed by atoms with Gasteiger partial charge in [-0.05, 0) is 42.7 Å². The number of rotatable bonds is 10. The summed E-state index contributed by atoms with van der Waals surface area (Å²) in [5, 5.41) is 9.26. The van der Waals surface area contributed by atoms with Crippen LogP contribution in [0.15, 0.2) is 42.5 Å². The first kappa shape index (κ1) is 23.2. The third-order valence-corrected chi connectivity index (χ3v) is 6.19. The van der Waals surface area contributed by atoms with Crippen molar-refractivity contribution in [1.29, 1.82) is 5.26 Å². The molecule has 1 unspecified atom stereocenters. The predicted octanol–water partition coefficient (Wildman–Crippen LogP) is 5.32. The highest BCUT2D eigenvalue weighted by molar-refractivity contribution is 5.40. The second-order valence-electron chi connectivity index (χ2n) is 8.35. The van der Waals surface area contributed by atoms with Gasteiger partial charge in [0.25, 0.3) is 0 Å². The van der Waals surface area contributed by atoms with Crippen LogP contribution < -0.4 is 4.74 Å². The van der Waals surface area contributed by atoms with E-state index in [1.54, 1.807) is 18.2 Å². The van der Waals surface area contributed by atoms with E-state index < -0.39 is 0 Å². The van der Waals surface area contributed by atoms with Gasteiger partial charge < -0.3 is 4.74 Å². The fourth-order valence-electron chi connectivity index (χ4n) is 4.31. The number of para-hydroxylation sites is 1. The molecule has 1 aliphatic rings. The molecular weight excluding hydrogens is 389 g/mol. The lowest BCUT2D eigenvalue weighted by molar-refractivity contribution is 0.0813. The largest absolute Gasteiger partial charge is 0.489 e. The number of halogens is 1. The zero-order chi connectivity index (χ0) is 22.1. The van der Waals surface area contributed by atoms with Gasteiger partial charge in [0.2, 0.25) is 0 Å². The van der Waals surface area contributed by atoms with Gasteiger partial charge in [0.15, 0.2) is 11.6 Å². The van der Waals surface area contributed by atoms with Gasteiger partial charge in [0.1, 0.15) is 6.61 Å². The van der Waals surface area contributed by atoms with E-state index in [2.05, 4.69) is 34.9 Å². The van der Waals surface area contributed by atoms with E-state index in [9.17, 15) is 9.65 Å². The third-order valence-electron chi connectivity index (χ3n) is 6.19. The van der Waals surface area contributed by atoms with E-state index in [1.165, 1.54) is 30.9 Å². The molecular formula is C26H34FN3O. The second kappa shape index (κ2) is 11.8. The van der Waals surface area contributed by atoms with Crippen LogP contribution in [0.1, 0.15) is 55.3 Å². The summed E-state index contributed by atoms with van der Waals surface area (Å²) in [5.41, 5.74) is 3.14. The Balaban J connectivity index is 1.55. The average molecular weight is 424 g/mol. The van der Waals surface area contributed by atoms with Crippen molar-refractivity contribution in [2.45, 2.75) is 45.6 Å². The highest BCUT2D eigenvalue weighted by atomic mass is 19.1.